The monoisotopic (exact) mass is 417 g/mol. The highest BCUT2D eigenvalue weighted by Crippen LogP contribution is 2.57. The molecule has 4 heteroatoms. The van der Waals surface area contributed by atoms with E-state index in [9.17, 15) is 14.7 Å². The second kappa shape index (κ2) is 9.09. The van der Waals surface area contributed by atoms with Crippen LogP contribution < -0.4 is 5.32 Å². The van der Waals surface area contributed by atoms with Crippen molar-refractivity contribution in [2.24, 2.45) is 23.7 Å². The summed E-state index contributed by atoms with van der Waals surface area (Å²) in [4.78, 5) is 25.2. The number of amides is 1. The first-order valence-corrected chi connectivity index (χ1v) is 11.3. The first-order chi connectivity index (χ1) is 15.0. The summed E-state index contributed by atoms with van der Waals surface area (Å²) in [5.74, 6) is -1.70. The molecule has 0 heterocycles. The number of fused-ring (bicyclic) bond motifs is 2. The minimum absolute atomic E-state index is 0.0182. The van der Waals surface area contributed by atoms with E-state index in [1.807, 2.05) is 50.2 Å². The summed E-state index contributed by atoms with van der Waals surface area (Å²) in [5.41, 5.74) is 4.84. The molecule has 2 saturated carbocycles. The third-order valence-corrected chi connectivity index (χ3v) is 7.14. The molecule has 2 bridgehead atoms. The molecule has 2 fully saturated rings. The smallest absolute Gasteiger partial charge is 0.307 e. The fraction of sp³-hybridized carbons (Fsp3) is 0.407. The van der Waals surface area contributed by atoms with Gasteiger partial charge in [-0.15, -0.1) is 0 Å². The zero-order chi connectivity index (χ0) is 22.0. The van der Waals surface area contributed by atoms with E-state index in [1.54, 1.807) is 0 Å². The molecular weight excluding hydrogens is 386 g/mol. The van der Waals surface area contributed by atoms with Crippen molar-refractivity contribution in [2.45, 2.75) is 39.0 Å². The van der Waals surface area contributed by atoms with Crippen molar-refractivity contribution in [1.82, 2.24) is 5.32 Å². The number of rotatable bonds is 7. The first kappa shape index (κ1) is 21.4. The number of allylic oxidation sites excluding steroid dienone is 2. The molecule has 2 N–H and O–H groups in total. The largest absolute Gasteiger partial charge is 0.481 e. The average molecular weight is 418 g/mol. The number of aliphatic carboxylic acids is 1. The lowest BCUT2D eigenvalue weighted by molar-refractivity contribution is -0.149. The van der Waals surface area contributed by atoms with Crippen LogP contribution in [0.1, 0.15) is 50.2 Å². The number of carboxylic acids is 1. The van der Waals surface area contributed by atoms with Crippen LogP contribution in [0.15, 0.2) is 71.8 Å². The van der Waals surface area contributed by atoms with E-state index in [0.717, 1.165) is 19.3 Å². The summed E-state index contributed by atoms with van der Waals surface area (Å²) in [6.45, 7) is 4.62. The summed E-state index contributed by atoms with van der Waals surface area (Å²) >= 11 is 0. The molecule has 0 spiro atoms. The number of benzene rings is 2. The van der Waals surface area contributed by atoms with Crippen molar-refractivity contribution in [3.63, 3.8) is 0 Å². The maximum absolute atomic E-state index is 13.2. The van der Waals surface area contributed by atoms with E-state index in [4.69, 9.17) is 0 Å². The normalized spacial score (nSPS) is 24.4. The van der Waals surface area contributed by atoms with Gasteiger partial charge in [0.2, 0.25) is 5.91 Å². The minimum atomic E-state index is -0.836. The second-order valence-corrected chi connectivity index (χ2v) is 9.09. The number of carboxylic acid groups (broad SMARTS) is 1. The first-order valence-electron chi connectivity index (χ1n) is 11.3. The third-order valence-electron chi connectivity index (χ3n) is 7.14. The summed E-state index contributed by atoms with van der Waals surface area (Å²) in [6, 6.07) is 20.7. The molecule has 4 nitrogen and oxygen atoms in total. The van der Waals surface area contributed by atoms with E-state index in [-0.39, 0.29) is 23.7 Å². The minimum Gasteiger partial charge on any atom is -0.481 e. The second-order valence-electron chi connectivity index (χ2n) is 9.09. The van der Waals surface area contributed by atoms with Crippen molar-refractivity contribution in [1.29, 1.82) is 0 Å². The lowest BCUT2D eigenvalue weighted by Gasteiger charge is -2.27. The summed E-state index contributed by atoms with van der Waals surface area (Å²) < 4.78 is 0. The fourth-order valence-electron chi connectivity index (χ4n) is 5.96. The Morgan fingerprint density at radius 1 is 0.903 bits per heavy atom. The zero-order valence-corrected chi connectivity index (χ0v) is 18.3. The Bertz CT molecular complexity index is 923. The Morgan fingerprint density at radius 3 is 1.90 bits per heavy atom. The van der Waals surface area contributed by atoms with Gasteiger partial charge in [-0.2, -0.15) is 0 Å². The molecular formula is C27H31NO3. The Hall–Kier alpha value is -2.88. The number of nitrogens with one attached hydrogen (secondary N) is 1. The molecule has 4 rings (SSSR count). The Balaban J connectivity index is 1.48. The van der Waals surface area contributed by atoms with Crippen LogP contribution in [-0.2, 0) is 9.59 Å². The van der Waals surface area contributed by atoms with Gasteiger partial charge in [-0.1, -0.05) is 71.8 Å². The maximum atomic E-state index is 13.2. The molecule has 0 aromatic heterocycles. The highest BCUT2D eigenvalue weighted by Gasteiger charge is 2.57. The van der Waals surface area contributed by atoms with Crippen LogP contribution in [-0.4, -0.2) is 23.5 Å². The molecule has 2 aliphatic rings. The predicted octanol–water partition coefficient (Wildman–Crippen LogP) is 5.02. The van der Waals surface area contributed by atoms with Gasteiger partial charge in [-0.25, -0.2) is 0 Å². The summed E-state index contributed by atoms with van der Waals surface area (Å²) in [7, 11) is 0. The van der Waals surface area contributed by atoms with Gasteiger partial charge in [0.15, 0.2) is 0 Å². The van der Waals surface area contributed by atoms with Crippen LogP contribution >= 0.6 is 0 Å². The Labute approximate surface area is 184 Å². The molecule has 0 saturated heterocycles. The quantitative estimate of drug-likeness (QED) is 0.622. The molecule has 0 unspecified atom stereocenters. The SMILES string of the molecule is CC(C)=C1[C@@H]2CC[C@@H]1[C@@H](C(=O)NCCC(c1ccccc1)c1ccccc1)[C@@H]2C(=O)O. The fourth-order valence-corrected chi connectivity index (χ4v) is 5.96. The highest BCUT2D eigenvalue weighted by atomic mass is 16.4. The Morgan fingerprint density at radius 2 is 1.42 bits per heavy atom. The highest BCUT2D eigenvalue weighted by molar-refractivity contribution is 5.87. The topological polar surface area (TPSA) is 66.4 Å². The lowest BCUT2D eigenvalue weighted by atomic mass is 9.78. The summed E-state index contributed by atoms with van der Waals surface area (Å²) in [5, 5.41) is 13.0. The zero-order valence-electron chi connectivity index (χ0n) is 18.3. The van der Waals surface area contributed by atoms with Crippen molar-refractivity contribution < 1.29 is 14.7 Å². The van der Waals surface area contributed by atoms with Gasteiger partial charge in [0, 0.05) is 12.5 Å². The van der Waals surface area contributed by atoms with E-state index in [2.05, 4.69) is 29.6 Å². The van der Waals surface area contributed by atoms with Crippen LogP contribution in [0.25, 0.3) is 0 Å². The standard InChI is InChI=1S/C27H31NO3/c1-17(2)23-21-13-14-22(23)25(27(30)31)24(21)26(29)28-16-15-20(18-9-5-3-6-10-18)19-11-7-4-8-12-19/h3-12,20-22,24-25H,13-16H2,1-2H3,(H,28,29)(H,30,31)/t21-,22-,24+,25+/m0/s1. The van der Waals surface area contributed by atoms with Gasteiger partial charge in [0.25, 0.3) is 0 Å². The van der Waals surface area contributed by atoms with Gasteiger partial charge in [-0.05, 0) is 56.1 Å². The van der Waals surface area contributed by atoms with E-state index in [0.29, 0.717) is 6.54 Å². The van der Waals surface area contributed by atoms with Crippen molar-refractivity contribution in [2.75, 3.05) is 6.54 Å². The van der Waals surface area contributed by atoms with Gasteiger partial charge >= 0.3 is 5.97 Å². The van der Waals surface area contributed by atoms with Crippen molar-refractivity contribution in [3.8, 4) is 0 Å². The van der Waals surface area contributed by atoms with E-state index in [1.165, 1.54) is 22.3 Å². The van der Waals surface area contributed by atoms with Crippen LogP contribution in [0.4, 0.5) is 0 Å². The van der Waals surface area contributed by atoms with Crippen LogP contribution in [0.2, 0.25) is 0 Å². The number of carbonyl (C=O) groups is 2. The molecule has 1 amide bonds. The third kappa shape index (κ3) is 4.16. The molecule has 2 aromatic carbocycles. The predicted molar refractivity (Wildman–Crippen MR) is 122 cm³/mol. The molecule has 162 valence electrons. The van der Waals surface area contributed by atoms with Gasteiger partial charge in [-0.3, -0.25) is 9.59 Å². The van der Waals surface area contributed by atoms with E-state index >= 15 is 0 Å². The number of carbonyl (C=O) groups excluding carboxylic acids is 1. The average Bonchev–Trinajstić information content (AvgIpc) is 3.34. The molecule has 4 atom stereocenters. The van der Waals surface area contributed by atoms with Crippen LogP contribution in [0, 0.1) is 23.7 Å². The van der Waals surface area contributed by atoms with Crippen molar-refractivity contribution >= 4 is 11.9 Å². The summed E-state index contributed by atoms with van der Waals surface area (Å²) in [6.07, 6.45) is 2.58. The number of hydrogen-bond donors (Lipinski definition) is 2. The molecule has 2 aromatic rings. The molecule has 0 aliphatic heterocycles. The van der Waals surface area contributed by atoms with Crippen LogP contribution in [0.3, 0.4) is 0 Å². The van der Waals surface area contributed by atoms with Gasteiger partial charge in [0.05, 0.1) is 11.8 Å². The van der Waals surface area contributed by atoms with E-state index < -0.39 is 17.8 Å². The molecule has 0 radical (unpaired) electrons. The van der Waals surface area contributed by atoms with Gasteiger partial charge < -0.3 is 10.4 Å². The lowest BCUT2D eigenvalue weighted by Crippen LogP contribution is -2.41. The van der Waals surface area contributed by atoms with Gasteiger partial charge in [0.1, 0.15) is 0 Å². The molecule has 2 aliphatic carbocycles. The van der Waals surface area contributed by atoms with Crippen molar-refractivity contribution in [3.05, 3.63) is 82.9 Å². The number of hydrogen-bond acceptors (Lipinski definition) is 2. The van der Waals surface area contributed by atoms with Crippen LogP contribution in [0.5, 0.6) is 0 Å². The maximum Gasteiger partial charge on any atom is 0.307 e. The Kier molecular flexibility index (Phi) is 6.26. The molecule has 31 heavy (non-hydrogen) atoms.